The average molecular weight is 193 g/mol. The van der Waals surface area contributed by atoms with Gasteiger partial charge in [0.25, 0.3) is 0 Å². The number of hydrogen-bond acceptors (Lipinski definition) is 2. The van der Waals surface area contributed by atoms with E-state index in [-0.39, 0.29) is 5.75 Å². The van der Waals surface area contributed by atoms with Crippen LogP contribution in [0.4, 0.5) is 0 Å². The van der Waals surface area contributed by atoms with Gasteiger partial charge in [0, 0.05) is 0 Å². The van der Waals surface area contributed by atoms with Crippen LogP contribution >= 0.6 is 0 Å². The molecule has 2 nitrogen and oxygen atoms in total. The molecule has 0 N–H and O–H groups in total. The van der Waals surface area contributed by atoms with Crippen molar-refractivity contribution < 1.29 is 13.6 Å². The molecule has 74 valence electrons. The second-order valence-electron chi connectivity index (χ2n) is 3.24. The molecule has 0 unspecified atom stereocenters. The molecule has 1 aromatic rings. The third-order valence-corrected chi connectivity index (χ3v) is 2.41. The first-order chi connectivity index (χ1) is 7.99. The van der Waals surface area contributed by atoms with Gasteiger partial charge in [0.1, 0.15) is 0 Å². The largest absolute Gasteiger partial charge is 0.493 e. The zero-order valence-corrected chi connectivity index (χ0v) is 8.04. The molecule has 1 aliphatic carbocycles. The monoisotopic (exact) mass is 193 g/mol. The summed E-state index contributed by atoms with van der Waals surface area (Å²) in [6, 6.07) is 3.57. The maximum absolute atomic E-state index is 7.12. The van der Waals surface area contributed by atoms with E-state index >= 15 is 0 Å². The van der Waals surface area contributed by atoms with Crippen molar-refractivity contribution in [3.8, 4) is 11.5 Å². The minimum absolute atomic E-state index is 0.262. The van der Waals surface area contributed by atoms with Gasteiger partial charge in [0.2, 0.25) is 0 Å². The number of ether oxygens (including phenoxy) is 2. The highest BCUT2D eigenvalue weighted by molar-refractivity contribution is 5.62. The molecule has 0 atom stereocenters. The van der Waals surface area contributed by atoms with Crippen LogP contribution in [-0.4, -0.2) is 14.1 Å². The topological polar surface area (TPSA) is 18.5 Å². The number of aryl methyl sites for hydroxylation is 1. The normalized spacial score (nSPS) is 17.6. The van der Waals surface area contributed by atoms with Crippen molar-refractivity contribution in [1.29, 1.82) is 0 Å². The maximum Gasteiger partial charge on any atom is 0.161 e. The Bertz CT molecular complexity index is 450. The van der Waals surface area contributed by atoms with Crippen molar-refractivity contribution in [1.82, 2.24) is 0 Å². The van der Waals surface area contributed by atoms with Crippen LogP contribution in [0.2, 0.25) is 0 Å². The maximum atomic E-state index is 7.12. The Morgan fingerprint density at radius 3 is 2.93 bits per heavy atom. The molecule has 0 fully saturated rings. The fourth-order valence-corrected chi connectivity index (χ4v) is 1.68. The molecular formula is C12H14O2. The molecular weight excluding hydrogens is 176 g/mol. The zero-order valence-electron chi connectivity index (χ0n) is 11.0. The van der Waals surface area contributed by atoms with E-state index in [1.165, 1.54) is 7.11 Å². The summed E-state index contributed by atoms with van der Waals surface area (Å²) < 4.78 is 31.4. The lowest BCUT2D eigenvalue weighted by Crippen LogP contribution is -1.98. The third kappa shape index (κ3) is 1.48. The Kier molecular flexibility index (Phi) is 1.64. The van der Waals surface area contributed by atoms with Crippen LogP contribution in [0.3, 0.4) is 0 Å². The standard InChI is InChI=1S/C12H14O2/c1-13-11-7-9-5-3-4-6-10(9)8-12(11)14-2/h3,5,7-8H,4,6H2,1-2H3/i1D3. The van der Waals surface area contributed by atoms with Crippen molar-refractivity contribution >= 4 is 6.08 Å². The molecule has 0 saturated carbocycles. The van der Waals surface area contributed by atoms with Gasteiger partial charge in [-0.15, -0.1) is 0 Å². The molecule has 0 spiro atoms. The molecule has 2 heteroatoms. The summed E-state index contributed by atoms with van der Waals surface area (Å²) in [5.41, 5.74) is 2.15. The summed E-state index contributed by atoms with van der Waals surface area (Å²) in [6.07, 6.45) is 5.98. The number of rotatable bonds is 2. The van der Waals surface area contributed by atoms with E-state index in [0.717, 1.165) is 24.0 Å². The van der Waals surface area contributed by atoms with Gasteiger partial charge in [-0.25, -0.2) is 0 Å². The minimum atomic E-state index is -2.46. The molecule has 0 heterocycles. The molecule has 0 amide bonds. The summed E-state index contributed by atoms with van der Waals surface area (Å²) in [7, 11) is -0.952. The molecule has 1 aromatic carbocycles. The lowest BCUT2D eigenvalue weighted by Gasteiger charge is -2.14. The van der Waals surface area contributed by atoms with Crippen LogP contribution in [0.5, 0.6) is 11.5 Å². The quantitative estimate of drug-likeness (QED) is 0.719. The van der Waals surface area contributed by atoms with Gasteiger partial charge >= 0.3 is 0 Å². The van der Waals surface area contributed by atoms with Crippen LogP contribution in [0.1, 0.15) is 21.7 Å². The first-order valence-corrected chi connectivity index (χ1v) is 4.56. The van der Waals surface area contributed by atoms with Crippen molar-refractivity contribution in [2.45, 2.75) is 12.8 Å². The predicted octanol–water partition coefficient (Wildman–Crippen LogP) is 2.66. The average Bonchev–Trinajstić information content (AvgIpc) is 2.26. The Morgan fingerprint density at radius 1 is 1.29 bits per heavy atom. The van der Waals surface area contributed by atoms with E-state index in [1.54, 1.807) is 6.07 Å². The first kappa shape index (κ1) is 6.12. The van der Waals surface area contributed by atoms with Crippen molar-refractivity contribution in [3.63, 3.8) is 0 Å². The summed E-state index contributed by atoms with van der Waals surface area (Å²) >= 11 is 0. The van der Waals surface area contributed by atoms with Crippen LogP contribution in [-0.2, 0) is 6.42 Å². The van der Waals surface area contributed by atoms with E-state index in [9.17, 15) is 0 Å². The van der Waals surface area contributed by atoms with Crippen molar-refractivity contribution in [2.75, 3.05) is 14.1 Å². The van der Waals surface area contributed by atoms with Gasteiger partial charge in [-0.3, -0.25) is 0 Å². The summed E-state index contributed by atoms with van der Waals surface area (Å²) in [5, 5.41) is 0. The van der Waals surface area contributed by atoms with Crippen LogP contribution in [0.25, 0.3) is 6.08 Å². The van der Waals surface area contributed by atoms with Gasteiger partial charge in [-0.2, -0.15) is 0 Å². The van der Waals surface area contributed by atoms with Crippen molar-refractivity contribution in [2.24, 2.45) is 0 Å². The molecule has 0 saturated heterocycles. The van der Waals surface area contributed by atoms with Gasteiger partial charge in [0.15, 0.2) is 11.5 Å². The lowest BCUT2D eigenvalue weighted by molar-refractivity contribution is 0.354. The SMILES string of the molecule is [2H]C([2H])([2H])Oc1cc2c(cc1OC)CCC=C2. The molecule has 0 aromatic heterocycles. The van der Waals surface area contributed by atoms with E-state index in [1.807, 2.05) is 12.1 Å². The highest BCUT2D eigenvalue weighted by Gasteiger charge is 2.10. The number of benzene rings is 1. The number of methoxy groups -OCH3 is 2. The fraction of sp³-hybridized carbons (Fsp3) is 0.333. The number of hydrogen-bond donors (Lipinski definition) is 0. The molecule has 0 aliphatic heterocycles. The molecule has 0 radical (unpaired) electrons. The minimum Gasteiger partial charge on any atom is -0.493 e. The van der Waals surface area contributed by atoms with Gasteiger partial charge in [-0.05, 0) is 36.1 Å². The summed E-state index contributed by atoms with van der Waals surface area (Å²) in [5.74, 6) is 0.730. The second-order valence-corrected chi connectivity index (χ2v) is 3.24. The lowest BCUT2D eigenvalue weighted by atomic mass is 9.97. The Labute approximate surface area is 88.4 Å². The third-order valence-electron chi connectivity index (χ3n) is 2.41. The Balaban J connectivity index is 2.41. The molecule has 0 bridgehead atoms. The van der Waals surface area contributed by atoms with Crippen LogP contribution < -0.4 is 9.47 Å². The predicted molar refractivity (Wildman–Crippen MR) is 56.9 cm³/mol. The highest BCUT2D eigenvalue weighted by atomic mass is 16.5. The van der Waals surface area contributed by atoms with Gasteiger partial charge < -0.3 is 9.47 Å². The Hall–Kier alpha value is -1.44. The smallest absolute Gasteiger partial charge is 0.161 e. The zero-order chi connectivity index (χ0) is 12.5. The number of fused-ring (bicyclic) bond motifs is 1. The number of allylic oxidation sites excluding steroid dienone is 1. The second kappa shape index (κ2) is 3.74. The highest BCUT2D eigenvalue weighted by Crippen LogP contribution is 2.33. The molecule has 2 rings (SSSR count). The molecule has 14 heavy (non-hydrogen) atoms. The first-order valence-electron chi connectivity index (χ1n) is 6.06. The van der Waals surface area contributed by atoms with Crippen molar-refractivity contribution in [3.05, 3.63) is 29.3 Å². The summed E-state index contributed by atoms with van der Waals surface area (Å²) in [6.45, 7) is 0. The van der Waals surface area contributed by atoms with E-state index < -0.39 is 7.04 Å². The molecule has 1 aliphatic rings. The summed E-state index contributed by atoms with van der Waals surface area (Å²) in [4.78, 5) is 0. The van der Waals surface area contributed by atoms with E-state index in [4.69, 9.17) is 13.6 Å². The fourth-order valence-electron chi connectivity index (χ4n) is 1.68. The van der Waals surface area contributed by atoms with E-state index in [0.29, 0.717) is 5.75 Å². The Morgan fingerprint density at radius 2 is 2.14 bits per heavy atom. The van der Waals surface area contributed by atoms with E-state index in [2.05, 4.69) is 6.08 Å². The van der Waals surface area contributed by atoms with Gasteiger partial charge in [-0.1, -0.05) is 12.2 Å². The van der Waals surface area contributed by atoms with Crippen LogP contribution in [0, 0.1) is 0 Å². The van der Waals surface area contributed by atoms with Gasteiger partial charge in [0.05, 0.1) is 18.3 Å². The van der Waals surface area contributed by atoms with Crippen LogP contribution in [0.15, 0.2) is 18.2 Å².